The summed E-state index contributed by atoms with van der Waals surface area (Å²) >= 11 is 0. The van der Waals surface area contributed by atoms with Crippen LogP contribution in [0, 0.1) is 5.82 Å². The molecule has 5 nitrogen and oxygen atoms in total. The molecule has 2 rings (SSSR count). The van der Waals surface area contributed by atoms with Gasteiger partial charge in [0.2, 0.25) is 0 Å². The SMILES string of the molecule is NNc1cncc(NCCc2cccc(F)c2)n1. The highest BCUT2D eigenvalue weighted by Gasteiger charge is 1.98. The van der Waals surface area contributed by atoms with Crippen LogP contribution in [0.2, 0.25) is 0 Å². The Balaban J connectivity index is 1.88. The van der Waals surface area contributed by atoms with Crippen molar-refractivity contribution in [2.45, 2.75) is 6.42 Å². The second kappa shape index (κ2) is 5.92. The van der Waals surface area contributed by atoms with Crippen molar-refractivity contribution in [1.29, 1.82) is 0 Å². The van der Waals surface area contributed by atoms with Gasteiger partial charge in [0.25, 0.3) is 0 Å². The number of nitrogens with zero attached hydrogens (tertiary/aromatic N) is 2. The molecule has 0 aliphatic rings. The Morgan fingerprint density at radius 2 is 2.06 bits per heavy atom. The van der Waals surface area contributed by atoms with E-state index in [0.29, 0.717) is 24.6 Å². The first-order valence-corrected chi connectivity index (χ1v) is 5.55. The zero-order chi connectivity index (χ0) is 12.8. The van der Waals surface area contributed by atoms with Crippen LogP contribution >= 0.6 is 0 Å². The Morgan fingerprint density at radius 3 is 2.83 bits per heavy atom. The van der Waals surface area contributed by atoms with Gasteiger partial charge in [0.05, 0.1) is 12.4 Å². The van der Waals surface area contributed by atoms with E-state index in [9.17, 15) is 4.39 Å². The van der Waals surface area contributed by atoms with Gasteiger partial charge >= 0.3 is 0 Å². The summed E-state index contributed by atoms with van der Waals surface area (Å²) in [6.07, 6.45) is 3.84. The summed E-state index contributed by atoms with van der Waals surface area (Å²) < 4.78 is 13.0. The number of halogens is 1. The normalized spacial score (nSPS) is 10.1. The minimum Gasteiger partial charge on any atom is -0.368 e. The van der Waals surface area contributed by atoms with E-state index in [-0.39, 0.29) is 5.82 Å². The molecular formula is C12H14FN5. The summed E-state index contributed by atoms with van der Waals surface area (Å²) in [6, 6.07) is 6.53. The third kappa shape index (κ3) is 3.39. The summed E-state index contributed by atoms with van der Waals surface area (Å²) in [5.41, 5.74) is 3.35. The average Bonchev–Trinajstić information content (AvgIpc) is 2.39. The maximum absolute atomic E-state index is 13.0. The van der Waals surface area contributed by atoms with Crippen LogP contribution in [-0.4, -0.2) is 16.5 Å². The van der Waals surface area contributed by atoms with Crippen LogP contribution in [-0.2, 0) is 6.42 Å². The lowest BCUT2D eigenvalue weighted by atomic mass is 10.1. The van der Waals surface area contributed by atoms with Gasteiger partial charge in [-0.2, -0.15) is 0 Å². The summed E-state index contributed by atoms with van der Waals surface area (Å²) in [5.74, 6) is 6.13. The number of nitrogen functional groups attached to an aromatic ring is 1. The van der Waals surface area contributed by atoms with Gasteiger partial charge in [0, 0.05) is 6.54 Å². The Bertz CT molecular complexity index is 517. The smallest absolute Gasteiger partial charge is 0.160 e. The lowest BCUT2D eigenvalue weighted by molar-refractivity contribution is 0.625. The molecule has 0 aliphatic carbocycles. The highest BCUT2D eigenvalue weighted by atomic mass is 19.1. The van der Waals surface area contributed by atoms with Crippen molar-refractivity contribution in [3.63, 3.8) is 0 Å². The minimum atomic E-state index is -0.221. The zero-order valence-electron chi connectivity index (χ0n) is 9.73. The molecule has 2 aromatic rings. The fourth-order valence-corrected chi connectivity index (χ4v) is 1.55. The summed E-state index contributed by atoms with van der Waals surface area (Å²) in [5, 5.41) is 3.10. The first-order valence-electron chi connectivity index (χ1n) is 5.55. The van der Waals surface area contributed by atoms with Gasteiger partial charge in [-0.15, -0.1) is 0 Å². The highest BCUT2D eigenvalue weighted by Crippen LogP contribution is 2.07. The second-order valence-electron chi connectivity index (χ2n) is 3.74. The average molecular weight is 247 g/mol. The standard InChI is InChI=1S/C12H14FN5/c13-10-3-1-2-9(6-10)4-5-16-11-7-15-8-12(17-11)18-14/h1-3,6-8H,4-5,14H2,(H2,16,17,18). The summed E-state index contributed by atoms with van der Waals surface area (Å²) in [4.78, 5) is 8.12. The molecule has 0 bridgehead atoms. The van der Waals surface area contributed by atoms with E-state index >= 15 is 0 Å². The largest absolute Gasteiger partial charge is 0.368 e. The van der Waals surface area contributed by atoms with Gasteiger partial charge in [0.15, 0.2) is 5.82 Å². The molecule has 0 amide bonds. The molecule has 18 heavy (non-hydrogen) atoms. The maximum atomic E-state index is 13.0. The van der Waals surface area contributed by atoms with Gasteiger partial charge in [-0.05, 0) is 24.1 Å². The van der Waals surface area contributed by atoms with E-state index in [0.717, 1.165) is 5.56 Å². The Hall–Kier alpha value is -2.21. The van der Waals surface area contributed by atoms with Crippen molar-refractivity contribution in [1.82, 2.24) is 9.97 Å². The molecule has 1 heterocycles. The van der Waals surface area contributed by atoms with E-state index < -0.39 is 0 Å². The number of nitrogens with two attached hydrogens (primary N) is 1. The predicted octanol–water partition coefficient (Wildman–Crippen LogP) is 1.56. The van der Waals surface area contributed by atoms with Gasteiger partial charge in [-0.1, -0.05) is 12.1 Å². The van der Waals surface area contributed by atoms with Gasteiger partial charge < -0.3 is 10.7 Å². The number of benzene rings is 1. The van der Waals surface area contributed by atoms with Crippen LogP contribution in [0.4, 0.5) is 16.0 Å². The molecule has 0 saturated heterocycles. The van der Waals surface area contributed by atoms with Crippen molar-refractivity contribution in [2.24, 2.45) is 5.84 Å². The molecule has 0 atom stereocenters. The van der Waals surface area contributed by atoms with Crippen molar-refractivity contribution < 1.29 is 4.39 Å². The van der Waals surface area contributed by atoms with Crippen LogP contribution in [0.5, 0.6) is 0 Å². The first kappa shape index (κ1) is 12.3. The Morgan fingerprint density at radius 1 is 1.22 bits per heavy atom. The van der Waals surface area contributed by atoms with E-state index in [4.69, 9.17) is 5.84 Å². The van der Waals surface area contributed by atoms with Crippen molar-refractivity contribution in [3.8, 4) is 0 Å². The second-order valence-corrected chi connectivity index (χ2v) is 3.74. The van der Waals surface area contributed by atoms with E-state index in [2.05, 4.69) is 20.7 Å². The van der Waals surface area contributed by atoms with Crippen molar-refractivity contribution in [2.75, 3.05) is 17.3 Å². The number of hydrogen-bond acceptors (Lipinski definition) is 5. The van der Waals surface area contributed by atoms with Crippen LogP contribution in [0.1, 0.15) is 5.56 Å². The minimum absolute atomic E-state index is 0.221. The first-order chi connectivity index (χ1) is 8.78. The number of nitrogens with one attached hydrogen (secondary N) is 2. The predicted molar refractivity (Wildman–Crippen MR) is 68.4 cm³/mol. The molecule has 1 aromatic heterocycles. The number of hydrazine groups is 1. The number of rotatable bonds is 5. The topological polar surface area (TPSA) is 75.9 Å². The monoisotopic (exact) mass is 247 g/mol. The molecule has 0 aliphatic heterocycles. The third-order valence-electron chi connectivity index (χ3n) is 2.39. The quantitative estimate of drug-likeness (QED) is 0.552. The maximum Gasteiger partial charge on any atom is 0.160 e. The highest BCUT2D eigenvalue weighted by molar-refractivity contribution is 5.40. The van der Waals surface area contributed by atoms with Crippen LogP contribution in [0.3, 0.4) is 0 Å². The molecule has 0 saturated carbocycles. The van der Waals surface area contributed by atoms with Gasteiger partial charge in [-0.3, -0.25) is 4.98 Å². The van der Waals surface area contributed by atoms with Crippen LogP contribution in [0.25, 0.3) is 0 Å². The lowest BCUT2D eigenvalue weighted by Gasteiger charge is -2.06. The molecular weight excluding hydrogens is 233 g/mol. The molecule has 0 fully saturated rings. The Labute approximate surface area is 104 Å². The molecule has 94 valence electrons. The third-order valence-corrected chi connectivity index (χ3v) is 2.39. The number of aromatic nitrogens is 2. The molecule has 1 aromatic carbocycles. The fourth-order valence-electron chi connectivity index (χ4n) is 1.55. The zero-order valence-corrected chi connectivity index (χ0v) is 9.73. The molecule has 0 radical (unpaired) electrons. The van der Waals surface area contributed by atoms with E-state index in [1.165, 1.54) is 18.3 Å². The van der Waals surface area contributed by atoms with Crippen LogP contribution < -0.4 is 16.6 Å². The van der Waals surface area contributed by atoms with Gasteiger partial charge in [0.1, 0.15) is 11.6 Å². The molecule has 6 heteroatoms. The molecule has 0 spiro atoms. The van der Waals surface area contributed by atoms with Crippen LogP contribution in [0.15, 0.2) is 36.7 Å². The Kier molecular flexibility index (Phi) is 4.03. The summed E-state index contributed by atoms with van der Waals surface area (Å²) in [7, 11) is 0. The number of anilines is 2. The van der Waals surface area contributed by atoms with Gasteiger partial charge in [-0.25, -0.2) is 15.2 Å². The summed E-state index contributed by atoms with van der Waals surface area (Å²) in [6.45, 7) is 0.645. The van der Waals surface area contributed by atoms with Crippen molar-refractivity contribution in [3.05, 3.63) is 48.0 Å². The number of hydrogen-bond donors (Lipinski definition) is 3. The fraction of sp³-hybridized carbons (Fsp3) is 0.167. The lowest BCUT2D eigenvalue weighted by Crippen LogP contribution is -2.11. The van der Waals surface area contributed by atoms with E-state index in [1.54, 1.807) is 12.3 Å². The molecule has 4 N–H and O–H groups in total. The van der Waals surface area contributed by atoms with Crippen molar-refractivity contribution >= 4 is 11.6 Å². The molecule has 0 unspecified atom stereocenters. The van der Waals surface area contributed by atoms with E-state index in [1.807, 2.05) is 6.07 Å².